The van der Waals surface area contributed by atoms with Crippen LogP contribution in [0.5, 0.6) is 0 Å². The third kappa shape index (κ3) is 3.27. The SMILES string of the molecule is CC(NC(=O)C1CC1c1cccc(F)c1)c1ccc2ccccc2c1. The molecule has 2 nitrogen and oxygen atoms in total. The van der Waals surface area contributed by atoms with Gasteiger partial charge in [0, 0.05) is 5.92 Å². The molecule has 0 radical (unpaired) electrons. The van der Waals surface area contributed by atoms with Gasteiger partial charge >= 0.3 is 0 Å². The first-order chi connectivity index (χ1) is 12.1. The second-order valence-electron chi connectivity index (χ2n) is 6.84. The smallest absolute Gasteiger partial charge is 0.224 e. The van der Waals surface area contributed by atoms with E-state index < -0.39 is 0 Å². The molecule has 0 bridgehead atoms. The van der Waals surface area contributed by atoms with E-state index in [1.54, 1.807) is 6.07 Å². The van der Waals surface area contributed by atoms with Crippen molar-refractivity contribution in [1.29, 1.82) is 0 Å². The lowest BCUT2D eigenvalue weighted by molar-refractivity contribution is -0.123. The molecule has 0 spiro atoms. The molecule has 4 rings (SSSR count). The van der Waals surface area contributed by atoms with Crippen LogP contribution in [-0.4, -0.2) is 5.91 Å². The summed E-state index contributed by atoms with van der Waals surface area (Å²) in [7, 11) is 0. The number of halogens is 1. The molecule has 3 aromatic rings. The highest BCUT2D eigenvalue weighted by molar-refractivity contribution is 5.85. The highest BCUT2D eigenvalue weighted by atomic mass is 19.1. The minimum Gasteiger partial charge on any atom is -0.349 e. The number of hydrogen-bond donors (Lipinski definition) is 1. The zero-order valence-electron chi connectivity index (χ0n) is 14.1. The van der Waals surface area contributed by atoms with Crippen molar-refractivity contribution >= 4 is 16.7 Å². The van der Waals surface area contributed by atoms with Crippen LogP contribution in [0, 0.1) is 11.7 Å². The van der Waals surface area contributed by atoms with Gasteiger partial charge in [0.2, 0.25) is 5.91 Å². The summed E-state index contributed by atoms with van der Waals surface area (Å²) in [6.07, 6.45) is 0.791. The predicted molar refractivity (Wildman–Crippen MR) is 97.8 cm³/mol. The Morgan fingerprint density at radius 1 is 1.04 bits per heavy atom. The number of carbonyl (C=O) groups excluding carboxylic acids is 1. The first-order valence-corrected chi connectivity index (χ1v) is 8.66. The summed E-state index contributed by atoms with van der Waals surface area (Å²) in [6, 6.07) is 21.0. The quantitative estimate of drug-likeness (QED) is 0.718. The van der Waals surface area contributed by atoms with Gasteiger partial charge in [0.25, 0.3) is 0 Å². The molecule has 3 unspecified atom stereocenters. The van der Waals surface area contributed by atoms with Crippen molar-refractivity contribution in [2.75, 3.05) is 0 Å². The van der Waals surface area contributed by atoms with E-state index in [9.17, 15) is 9.18 Å². The summed E-state index contributed by atoms with van der Waals surface area (Å²) < 4.78 is 13.3. The average molecular weight is 333 g/mol. The minimum absolute atomic E-state index is 0.0501. The average Bonchev–Trinajstić information content (AvgIpc) is 3.42. The number of rotatable bonds is 4. The maximum Gasteiger partial charge on any atom is 0.224 e. The third-order valence-electron chi connectivity index (χ3n) is 5.04. The summed E-state index contributed by atoms with van der Waals surface area (Å²) >= 11 is 0. The van der Waals surface area contributed by atoms with Crippen molar-refractivity contribution in [3.8, 4) is 0 Å². The fraction of sp³-hybridized carbons (Fsp3) is 0.227. The summed E-state index contributed by atoms with van der Waals surface area (Å²) in [6.45, 7) is 2.00. The molecule has 25 heavy (non-hydrogen) atoms. The van der Waals surface area contributed by atoms with Crippen molar-refractivity contribution in [2.45, 2.75) is 25.3 Å². The number of carbonyl (C=O) groups is 1. The van der Waals surface area contributed by atoms with Crippen molar-refractivity contribution in [2.24, 2.45) is 5.92 Å². The van der Waals surface area contributed by atoms with Gasteiger partial charge in [-0.2, -0.15) is 0 Å². The van der Waals surface area contributed by atoms with Gasteiger partial charge in [-0.05, 0) is 59.4 Å². The maximum absolute atomic E-state index is 13.3. The Kier molecular flexibility index (Phi) is 4.00. The molecule has 0 saturated heterocycles. The van der Waals surface area contributed by atoms with Crippen LogP contribution in [0.2, 0.25) is 0 Å². The second kappa shape index (κ2) is 6.32. The molecule has 0 aromatic heterocycles. The van der Waals surface area contributed by atoms with Gasteiger partial charge in [-0.15, -0.1) is 0 Å². The van der Waals surface area contributed by atoms with Gasteiger partial charge in [0.15, 0.2) is 0 Å². The number of benzene rings is 3. The van der Waals surface area contributed by atoms with Gasteiger partial charge in [-0.3, -0.25) is 4.79 Å². The Hall–Kier alpha value is -2.68. The standard InChI is InChI=1S/C22H20FNO/c1-14(16-10-9-15-5-2-3-6-17(15)11-16)24-22(25)21-13-20(21)18-7-4-8-19(23)12-18/h2-12,14,20-21H,13H2,1H3,(H,24,25). The maximum atomic E-state index is 13.3. The van der Waals surface area contributed by atoms with Crippen LogP contribution >= 0.6 is 0 Å². The number of nitrogens with one attached hydrogen (secondary N) is 1. The van der Waals surface area contributed by atoms with Gasteiger partial charge in [0.1, 0.15) is 5.82 Å². The van der Waals surface area contributed by atoms with E-state index in [1.165, 1.54) is 22.9 Å². The molecule has 1 aliphatic carbocycles. The Balaban J connectivity index is 1.44. The molecule has 0 aliphatic heterocycles. The van der Waals surface area contributed by atoms with Gasteiger partial charge in [-0.25, -0.2) is 4.39 Å². The van der Waals surface area contributed by atoms with E-state index in [2.05, 4.69) is 35.6 Å². The van der Waals surface area contributed by atoms with E-state index in [-0.39, 0.29) is 29.6 Å². The Morgan fingerprint density at radius 2 is 1.84 bits per heavy atom. The number of amides is 1. The van der Waals surface area contributed by atoms with Crippen molar-refractivity contribution in [1.82, 2.24) is 5.32 Å². The van der Waals surface area contributed by atoms with Crippen LogP contribution in [0.4, 0.5) is 4.39 Å². The molecular formula is C22H20FNO. The van der Waals surface area contributed by atoms with Crippen LogP contribution in [-0.2, 0) is 4.79 Å². The lowest BCUT2D eigenvalue weighted by Gasteiger charge is -2.15. The van der Waals surface area contributed by atoms with Crippen molar-refractivity contribution in [3.63, 3.8) is 0 Å². The molecular weight excluding hydrogens is 313 g/mol. The van der Waals surface area contributed by atoms with Crippen LogP contribution in [0.25, 0.3) is 10.8 Å². The van der Waals surface area contributed by atoms with Crippen molar-refractivity contribution in [3.05, 3.63) is 83.7 Å². The van der Waals surface area contributed by atoms with Crippen molar-refractivity contribution < 1.29 is 9.18 Å². The summed E-state index contributed by atoms with van der Waals surface area (Å²) in [4.78, 5) is 12.5. The largest absolute Gasteiger partial charge is 0.349 e. The van der Waals surface area contributed by atoms with Gasteiger partial charge in [-0.1, -0.05) is 48.5 Å². The van der Waals surface area contributed by atoms with E-state index in [1.807, 2.05) is 25.1 Å². The highest BCUT2D eigenvalue weighted by Gasteiger charge is 2.44. The van der Waals surface area contributed by atoms with Crippen LogP contribution in [0.15, 0.2) is 66.7 Å². The molecule has 1 N–H and O–H groups in total. The first kappa shape index (κ1) is 15.8. The normalized spacial score (nSPS) is 20.2. The predicted octanol–water partition coefficient (Wildman–Crippen LogP) is 4.96. The van der Waals surface area contributed by atoms with Crippen LogP contribution in [0.1, 0.15) is 36.4 Å². The Labute approximate surface area is 146 Å². The van der Waals surface area contributed by atoms with E-state index in [4.69, 9.17) is 0 Å². The zero-order valence-corrected chi connectivity index (χ0v) is 14.1. The summed E-state index contributed by atoms with van der Waals surface area (Å²) in [5.41, 5.74) is 2.01. The fourth-order valence-electron chi connectivity index (χ4n) is 3.47. The second-order valence-corrected chi connectivity index (χ2v) is 6.84. The minimum atomic E-state index is -0.243. The van der Waals surface area contributed by atoms with E-state index in [0.29, 0.717) is 0 Å². The Morgan fingerprint density at radius 3 is 2.64 bits per heavy atom. The summed E-state index contributed by atoms with van der Waals surface area (Å²) in [5, 5.41) is 5.47. The monoisotopic (exact) mass is 333 g/mol. The number of fused-ring (bicyclic) bond motifs is 1. The molecule has 3 atom stereocenters. The third-order valence-corrected chi connectivity index (χ3v) is 5.04. The van der Waals surface area contributed by atoms with Crippen LogP contribution in [0.3, 0.4) is 0 Å². The van der Waals surface area contributed by atoms with E-state index in [0.717, 1.165) is 17.5 Å². The molecule has 1 aliphatic rings. The first-order valence-electron chi connectivity index (χ1n) is 8.66. The van der Waals surface area contributed by atoms with Gasteiger partial charge in [0.05, 0.1) is 6.04 Å². The highest BCUT2D eigenvalue weighted by Crippen LogP contribution is 2.47. The lowest BCUT2D eigenvalue weighted by atomic mass is 10.0. The molecule has 126 valence electrons. The molecule has 3 heteroatoms. The molecule has 1 saturated carbocycles. The summed E-state index contributed by atoms with van der Waals surface area (Å²) in [5.74, 6) is -0.104. The van der Waals surface area contributed by atoms with Gasteiger partial charge < -0.3 is 5.32 Å². The topological polar surface area (TPSA) is 29.1 Å². The van der Waals surface area contributed by atoms with E-state index >= 15 is 0 Å². The fourth-order valence-corrected chi connectivity index (χ4v) is 3.47. The molecule has 3 aromatic carbocycles. The molecule has 1 amide bonds. The molecule has 1 fully saturated rings. The molecule has 0 heterocycles. The Bertz CT molecular complexity index is 936. The van der Waals surface area contributed by atoms with Crippen LogP contribution < -0.4 is 5.32 Å². The lowest BCUT2D eigenvalue weighted by Crippen LogP contribution is -2.28. The zero-order chi connectivity index (χ0) is 17.4. The number of hydrogen-bond acceptors (Lipinski definition) is 1.